The SMILES string of the molecule is C[C@@]1(O)[C@H](O)[C@@H](COP(=O)(O)O)O[C@H]1n1cc2c3c(ncnc31)NC(=O)CC2=O. The molecule has 2 aromatic rings. The Morgan fingerprint density at radius 2 is 2.14 bits per heavy atom. The van der Waals surface area contributed by atoms with Gasteiger partial charge in [0.15, 0.2) is 12.0 Å². The lowest BCUT2D eigenvalue weighted by Crippen LogP contribution is -2.44. The summed E-state index contributed by atoms with van der Waals surface area (Å²) in [6, 6.07) is 0. The predicted octanol–water partition coefficient (Wildman–Crippen LogP) is -0.925. The molecule has 0 radical (unpaired) electrons. The van der Waals surface area contributed by atoms with E-state index in [0.717, 1.165) is 6.33 Å². The third-order valence-corrected chi connectivity index (χ3v) is 5.39. The van der Waals surface area contributed by atoms with Crippen molar-refractivity contribution in [2.24, 2.45) is 0 Å². The topological polar surface area (TPSA) is 193 Å². The van der Waals surface area contributed by atoms with Crippen LogP contribution in [0.3, 0.4) is 0 Å². The van der Waals surface area contributed by atoms with E-state index in [0.29, 0.717) is 0 Å². The van der Waals surface area contributed by atoms with Gasteiger partial charge in [-0.2, -0.15) is 0 Å². The van der Waals surface area contributed by atoms with Gasteiger partial charge in [0, 0.05) is 11.8 Å². The second kappa shape index (κ2) is 6.64. The first-order valence-electron chi connectivity index (χ1n) is 8.43. The number of carbonyl (C=O) groups excluding carboxylic acids is 2. The summed E-state index contributed by atoms with van der Waals surface area (Å²) in [6.45, 7) is 0.586. The van der Waals surface area contributed by atoms with Crippen molar-refractivity contribution in [1.29, 1.82) is 0 Å². The molecule has 0 unspecified atom stereocenters. The van der Waals surface area contributed by atoms with Crippen LogP contribution >= 0.6 is 7.82 Å². The molecule has 13 nitrogen and oxygen atoms in total. The van der Waals surface area contributed by atoms with Crippen LogP contribution in [0.2, 0.25) is 0 Å². The summed E-state index contributed by atoms with van der Waals surface area (Å²) in [7, 11) is -4.82. The Hall–Kier alpha value is -2.25. The van der Waals surface area contributed by atoms with E-state index in [2.05, 4.69) is 19.8 Å². The van der Waals surface area contributed by atoms with Gasteiger partial charge in [-0.05, 0) is 6.92 Å². The predicted molar refractivity (Wildman–Crippen MR) is 93.6 cm³/mol. The molecule has 156 valence electrons. The van der Waals surface area contributed by atoms with E-state index in [1.54, 1.807) is 0 Å². The Kier molecular flexibility index (Phi) is 4.59. The molecule has 0 bridgehead atoms. The summed E-state index contributed by atoms with van der Waals surface area (Å²) in [4.78, 5) is 50.1. The van der Waals surface area contributed by atoms with Crippen LogP contribution in [-0.2, 0) is 18.6 Å². The molecule has 2 aromatic heterocycles. The highest BCUT2D eigenvalue weighted by atomic mass is 31.2. The van der Waals surface area contributed by atoms with Gasteiger partial charge in [-0.3, -0.25) is 14.1 Å². The number of phosphoric ester groups is 1. The number of anilines is 1. The van der Waals surface area contributed by atoms with E-state index < -0.39 is 56.6 Å². The molecule has 4 atom stereocenters. The van der Waals surface area contributed by atoms with Crippen molar-refractivity contribution in [1.82, 2.24) is 14.5 Å². The second-order valence-corrected chi connectivity index (χ2v) is 8.24. The van der Waals surface area contributed by atoms with Crippen LogP contribution in [0, 0.1) is 0 Å². The monoisotopic (exact) mass is 428 g/mol. The maximum atomic E-state index is 12.4. The molecule has 5 N–H and O–H groups in total. The third kappa shape index (κ3) is 3.36. The number of ether oxygens (including phenoxy) is 1. The number of hydrogen-bond acceptors (Lipinski definition) is 9. The lowest BCUT2D eigenvalue weighted by atomic mass is 9.96. The molecule has 4 rings (SSSR count). The fourth-order valence-electron chi connectivity index (χ4n) is 3.54. The number of aromatic nitrogens is 3. The van der Waals surface area contributed by atoms with Gasteiger partial charge in [-0.1, -0.05) is 0 Å². The number of nitrogens with one attached hydrogen (secondary N) is 1. The molecule has 0 aliphatic carbocycles. The van der Waals surface area contributed by atoms with Gasteiger partial charge >= 0.3 is 7.82 Å². The van der Waals surface area contributed by atoms with E-state index >= 15 is 0 Å². The molecule has 0 saturated carbocycles. The Morgan fingerprint density at radius 3 is 2.83 bits per heavy atom. The average Bonchev–Trinajstić information content (AvgIpc) is 3.05. The number of ketones is 1. The van der Waals surface area contributed by atoms with Crippen molar-refractivity contribution in [3.63, 3.8) is 0 Å². The summed E-state index contributed by atoms with van der Waals surface area (Å²) in [5, 5.41) is 24.0. The summed E-state index contributed by atoms with van der Waals surface area (Å²) >= 11 is 0. The van der Waals surface area contributed by atoms with E-state index in [4.69, 9.17) is 14.5 Å². The molecular weight excluding hydrogens is 411 g/mol. The van der Waals surface area contributed by atoms with Gasteiger partial charge in [0.1, 0.15) is 35.6 Å². The van der Waals surface area contributed by atoms with Crippen molar-refractivity contribution in [3.8, 4) is 0 Å². The van der Waals surface area contributed by atoms with Crippen molar-refractivity contribution in [3.05, 3.63) is 18.1 Å². The minimum Gasteiger partial charge on any atom is -0.387 e. The summed E-state index contributed by atoms with van der Waals surface area (Å²) in [5.41, 5.74) is -1.62. The quantitative estimate of drug-likeness (QED) is 0.298. The molecule has 4 heterocycles. The van der Waals surface area contributed by atoms with Crippen molar-refractivity contribution >= 4 is 36.4 Å². The maximum Gasteiger partial charge on any atom is 0.469 e. The smallest absolute Gasteiger partial charge is 0.387 e. The lowest BCUT2D eigenvalue weighted by Gasteiger charge is -2.27. The normalized spacial score (nSPS) is 29.9. The molecule has 0 spiro atoms. The molecule has 2 aliphatic heterocycles. The molecule has 1 amide bonds. The number of amides is 1. The van der Waals surface area contributed by atoms with Crippen molar-refractivity contribution < 1.29 is 43.4 Å². The minimum absolute atomic E-state index is 0.124. The van der Waals surface area contributed by atoms with E-state index in [-0.39, 0.29) is 22.4 Å². The van der Waals surface area contributed by atoms with Crippen LogP contribution in [0.1, 0.15) is 29.9 Å². The lowest BCUT2D eigenvalue weighted by molar-refractivity contribution is -0.115. The van der Waals surface area contributed by atoms with Crippen molar-refractivity contribution in [2.75, 3.05) is 11.9 Å². The number of nitrogens with zero attached hydrogens (tertiary/aromatic N) is 3. The standard InChI is InChI=1S/C15H17N4O9P/c1-15(23)11(22)8(4-27-29(24,25)26)28-14(15)19-3-6-7(20)2-9(21)18-12-10(6)13(19)17-5-16-12/h3,5,8,11,14,22-23H,2,4H2,1H3,(H2,24,25,26)(H,16,17,18,21)/t8-,11-,14-,15-/m1/s1. The van der Waals surface area contributed by atoms with Crippen molar-refractivity contribution in [2.45, 2.75) is 37.4 Å². The third-order valence-electron chi connectivity index (χ3n) is 4.90. The Bertz CT molecular complexity index is 1060. The highest BCUT2D eigenvalue weighted by molar-refractivity contribution is 7.46. The van der Waals surface area contributed by atoms with Crippen LogP contribution in [-0.4, -0.2) is 70.6 Å². The number of carbonyl (C=O) groups is 2. The Labute approximate surface area is 162 Å². The number of aliphatic hydroxyl groups excluding tert-OH is 1. The molecule has 1 fully saturated rings. The minimum atomic E-state index is -4.82. The van der Waals surface area contributed by atoms with Crippen LogP contribution in [0.15, 0.2) is 12.5 Å². The number of phosphoric acid groups is 1. The van der Waals surface area contributed by atoms with Gasteiger partial charge in [0.05, 0.1) is 18.4 Å². The van der Waals surface area contributed by atoms with Gasteiger partial charge in [0.25, 0.3) is 0 Å². The molecule has 2 aliphatic rings. The fraction of sp³-hybridized carbons (Fsp3) is 0.467. The van der Waals surface area contributed by atoms with Gasteiger partial charge < -0.3 is 34.6 Å². The highest BCUT2D eigenvalue weighted by Crippen LogP contribution is 2.44. The molecular formula is C15H17N4O9P. The number of Topliss-reactive ketones (excluding diaryl/α,β-unsaturated/α-hetero) is 1. The van der Waals surface area contributed by atoms with Crippen LogP contribution in [0.4, 0.5) is 5.82 Å². The first-order chi connectivity index (χ1) is 13.5. The molecule has 0 aromatic carbocycles. The number of rotatable bonds is 4. The number of hydrogen-bond donors (Lipinski definition) is 5. The average molecular weight is 428 g/mol. The van der Waals surface area contributed by atoms with Gasteiger partial charge in [-0.15, -0.1) is 0 Å². The zero-order chi connectivity index (χ0) is 21.1. The summed E-state index contributed by atoms with van der Waals surface area (Å²) in [5.74, 6) is -0.884. The van der Waals surface area contributed by atoms with Gasteiger partial charge in [-0.25, -0.2) is 14.5 Å². The zero-order valence-corrected chi connectivity index (χ0v) is 15.8. The summed E-state index contributed by atoms with van der Waals surface area (Å²) < 4.78 is 22.3. The molecule has 29 heavy (non-hydrogen) atoms. The summed E-state index contributed by atoms with van der Waals surface area (Å²) in [6.07, 6.45) is -2.02. The molecule has 1 saturated heterocycles. The zero-order valence-electron chi connectivity index (χ0n) is 14.9. The van der Waals surface area contributed by atoms with E-state index in [1.807, 2.05) is 0 Å². The second-order valence-electron chi connectivity index (χ2n) is 7.00. The first kappa shape index (κ1) is 20.0. The van der Waals surface area contributed by atoms with E-state index in [1.165, 1.54) is 17.7 Å². The number of aliphatic hydroxyl groups is 2. The molecule has 14 heteroatoms. The van der Waals surface area contributed by atoms with Crippen LogP contribution in [0.5, 0.6) is 0 Å². The fourth-order valence-corrected chi connectivity index (χ4v) is 3.88. The maximum absolute atomic E-state index is 12.4. The van der Waals surface area contributed by atoms with E-state index in [9.17, 15) is 24.4 Å². The van der Waals surface area contributed by atoms with Gasteiger partial charge in [0.2, 0.25) is 5.91 Å². The highest BCUT2D eigenvalue weighted by Gasteiger charge is 2.54. The van der Waals surface area contributed by atoms with Crippen LogP contribution in [0.25, 0.3) is 11.0 Å². The van der Waals surface area contributed by atoms with Crippen LogP contribution < -0.4 is 5.32 Å². The Morgan fingerprint density at radius 1 is 1.41 bits per heavy atom. The first-order valence-corrected chi connectivity index (χ1v) is 9.96. The largest absolute Gasteiger partial charge is 0.469 e. The Balaban J connectivity index is 1.77.